The fourth-order valence-electron chi connectivity index (χ4n) is 5.91. The Kier molecular flexibility index (Phi) is 11.7. The monoisotopic (exact) mass is 569 g/mol. The number of ether oxygens (including phenoxy) is 2. The van der Waals surface area contributed by atoms with Crippen LogP contribution in [0.4, 0.5) is 4.79 Å². The summed E-state index contributed by atoms with van der Waals surface area (Å²) in [5.41, 5.74) is 1.96. The summed E-state index contributed by atoms with van der Waals surface area (Å²) in [6.07, 6.45) is 6.83. The third-order valence-corrected chi connectivity index (χ3v) is 7.80. The Morgan fingerprint density at radius 1 is 1.02 bits per heavy atom. The van der Waals surface area contributed by atoms with Crippen molar-refractivity contribution in [1.29, 1.82) is 0 Å². The van der Waals surface area contributed by atoms with Gasteiger partial charge in [-0.3, -0.25) is 9.59 Å². The summed E-state index contributed by atoms with van der Waals surface area (Å²) in [5, 5.41) is 8.91. The van der Waals surface area contributed by atoms with Crippen LogP contribution in [0.2, 0.25) is 0 Å². The third-order valence-electron chi connectivity index (χ3n) is 7.80. The molecule has 1 fully saturated rings. The molecule has 3 rings (SSSR count). The lowest BCUT2D eigenvalue weighted by atomic mass is 9.88. The minimum absolute atomic E-state index is 0.0357. The fourth-order valence-corrected chi connectivity index (χ4v) is 5.91. The topological polar surface area (TPSA) is 106 Å². The zero-order valence-corrected chi connectivity index (χ0v) is 25.5. The zero-order chi connectivity index (χ0) is 30.2. The van der Waals surface area contributed by atoms with Crippen LogP contribution in [0.15, 0.2) is 34.7 Å². The number of methoxy groups -OCH3 is 1. The van der Waals surface area contributed by atoms with E-state index >= 15 is 0 Å². The van der Waals surface area contributed by atoms with Crippen molar-refractivity contribution in [2.45, 2.75) is 110 Å². The number of hydrogen-bond acceptors (Lipinski definition) is 7. The number of cyclic esters (lactones) is 1. The largest absolute Gasteiger partial charge is 0.457 e. The van der Waals surface area contributed by atoms with E-state index in [9.17, 15) is 14.4 Å². The zero-order valence-electron chi connectivity index (χ0n) is 25.5. The number of carbonyl (C=O) groups excluding carboxylic acids is 3. The van der Waals surface area contributed by atoms with Gasteiger partial charge in [-0.15, -0.1) is 0 Å². The molecule has 0 bridgehead atoms. The van der Waals surface area contributed by atoms with Gasteiger partial charge in [0, 0.05) is 25.7 Å². The van der Waals surface area contributed by atoms with Crippen molar-refractivity contribution in [1.82, 2.24) is 4.90 Å². The quantitative estimate of drug-likeness (QED) is 0.133. The molecule has 0 saturated carbocycles. The maximum absolute atomic E-state index is 13.7. The molecule has 1 saturated heterocycles. The van der Waals surface area contributed by atoms with Gasteiger partial charge in [0.1, 0.15) is 11.4 Å². The van der Waals surface area contributed by atoms with E-state index < -0.39 is 35.5 Å². The van der Waals surface area contributed by atoms with Crippen molar-refractivity contribution in [3.05, 3.63) is 47.4 Å². The number of hydrogen-bond donors (Lipinski definition) is 1. The van der Waals surface area contributed by atoms with Crippen LogP contribution in [-0.4, -0.2) is 59.3 Å². The smallest absolute Gasteiger partial charge is 0.417 e. The molecule has 2 heterocycles. The van der Waals surface area contributed by atoms with Gasteiger partial charge in [-0.2, -0.15) is 0 Å². The van der Waals surface area contributed by atoms with Crippen LogP contribution in [0, 0.1) is 12.8 Å². The number of aliphatic hydroxyl groups is 1. The molecule has 0 unspecified atom stereocenters. The number of furan rings is 1. The van der Waals surface area contributed by atoms with E-state index in [1.165, 1.54) is 13.5 Å². The number of carbonyl (C=O) groups is 3. The van der Waals surface area contributed by atoms with Crippen LogP contribution in [0.25, 0.3) is 11.1 Å². The Balaban J connectivity index is 1.79. The Morgan fingerprint density at radius 3 is 2.24 bits per heavy atom. The average molecular weight is 570 g/mol. The fraction of sp³-hybridized carbons (Fsp3) is 0.606. The van der Waals surface area contributed by atoms with Gasteiger partial charge in [0.05, 0.1) is 6.04 Å². The van der Waals surface area contributed by atoms with Gasteiger partial charge in [0.15, 0.2) is 5.76 Å². The van der Waals surface area contributed by atoms with Crippen molar-refractivity contribution < 1.29 is 33.4 Å². The van der Waals surface area contributed by atoms with E-state index in [0.717, 1.165) is 66.5 Å². The Bertz CT molecular complexity index is 1180. The van der Waals surface area contributed by atoms with E-state index in [0.29, 0.717) is 12.2 Å². The normalized spacial score (nSPS) is 17.2. The number of imide groups is 1. The molecule has 2 amide bonds. The first-order chi connectivity index (χ1) is 19.5. The van der Waals surface area contributed by atoms with Gasteiger partial charge >= 0.3 is 6.09 Å². The van der Waals surface area contributed by atoms with Crippen LogP contribution in [0.3, 0.4) is 0 Å². The number of Topliss-reactive ketones (excluding diaryl/α,β-unsaturated/α-hetero) is 1. The maximum atomic E-state index is 13.7. The van der Waals surface area contributed by atoms with Gasteiger partial charge in [0.2, 0.25) is 11.9 Å². The van der Waals surface area contributed by atoms with E-state index in [-0.39, 0.29) is 18.3 Å². The number of unbranched alkanes of at least 4 members (excludes halogenated alkanes) is 7. The first kappa shape index (κ1) is 32.5. The van der Waals surface area contributed by atoms with Crippen molar-refractivity contribution >= 4 is 17.8 Å². The summed E-state index contributed by atoms with van der Waals surface area (Å²) in [4.78, 5) is 41.0. The molecule has 8 nitrogen and oxygen atoms in total. The molecule has 0 aliphatic carbocycles. The molecule has 1 aromatic carbocycles. The molecule has 1 aliphatic heterocycles. The van der Waals surface area contributed by atoms with E-state index in [1.54, 1.807) is 19.9 Å². The van der Waals surface area contributed by atoms with Gasteiger partial charge < -0.3 is 19.0 Å². The highest BCUT2D eigenvalue weighted by molar-refractivity contribution is 6.14. The molecule has 41 heavy (non-hydrogen) atoms. The van der Waals surface area contributed by atoms with Crippen LogP contribution < -0.4 is 0 Å². The Morgan fingerprint density at radius 2 is 1.66 bits per heavy atom. The van der Waals surface area contributed by atoms with Crippen molar-refractivity contribution in [3.63, 3.8) is 0 Å². The molecule has 226 valence electrons. The maximum Gasteiger partial charge on any atom is 0.417 e. The molecule has 0 radical (unpaired) electrons. The average Bonchev–Trinajstić information content (AvgIpc) is 3.45. The van der Waals surface area contributed by atoms with Gasteiger partial charge in [-0.25, -0.2) is 9.69 Å². The minimum atomic E-state index is -1.53. The molecule has 1 N–H and O–H groups in total. The number of nitrogens with zero attached hydrogens (tertiary/aromatic N) is 1. The van der Waals surface area contributed by atoms with Crippen molar-refractivity contribution in [2.75, 3.05) is 13.7 Å². The van der Waals surface area contributed by atoms with Crippen LogP contribution >= 0.6 is 0 Å². The molecule has 0 spiro atoms. The Labute approximate surface area is 244 Å². The van der Waals surface area contributed by atoms with Crippen molar-refractivity contribution in [2.24, 2.45) is 5.92 Å². The predicted octanol–water partition coefficient (Wildman–Crippen LogP) is 6.89. The SMILES string of the molecule is CO[C@@H](C(=O)c1cc(-c2cccc(C)c2)c(CCCCCCCCCCO)o1)C(=O)N1C(=O)OC(C)(C)[C@@H]1C(C)C. The summed E-state index contributed by atoms with van der Waals surface area (Å²) < 4.78 is 17.0. The highest BCUT2D eigenvalue weighted by Gasteiger charge is 2.54. The standard InChI is InChI=1S/C33H47NO7/c1-22(2)30-33(4,5)41-32(38)34(30)31(37)29(39-6)28(36)27-21-25(24-17-15-16-23(3)20-24)26(40-27)18-13-11-9-7-8-10-12-14-19-35/h15-17,20-22,29-30,35H,7-14,18-19H2,1-6H3/t29-,30-/m0/s1. The minimum Gasteiger partial charge on any atom is -0.457 e. The summed E-state index contributed by atoms with van der Waals surface area (Å²) in [7, 11) is 1.28. The summed E-state index contributed by atoms with van der Waals surface area (Å²) in [5.74, 6) is -0.725. The lowest BCUT2D eigenvalue weighted by Crippen LogP contribution is -2.53. The van der Waals surface area contributed by atoms with Gasteiger partial charge in [-0.05, 0) is 51.2 Å². The molecule has 2 aromatic rings. The van der Waals surface area contributed by atoms with E-state index in [2.05, 4.69) is 0 Å². The van der Waals surface area contributed by atoms with Crippen LogP contribution in [0.1, 0.15) is 101 Å². The van der Waals surface area contributed by atoms with Gasteiger partial charge in [0.25, 0.3) is 5.91 Å². The van der Waals surface area contributed by atoms with Gasteiger partial charge in [-0.1, -0.05) is 82.2 Å². The number of aryl methyl sites for hydroxylation is 2. The highest BCUT2D eigenvalue weighted by Crippen LogP contribution is 2.36. The van der Waals surface area contributed by atoms with Crippen LogP contribution in [0.5, 0.6) is 0 Å². The lowest BCUT2D eigenvalue weighted by Gasteiger charge is -2.31. The van der Waals surface area contributed by atoms with E-state index in [4.69, 9.17) is 19.0 Å². The Hall–Kier alpha value is -2.97. The first-order valence-electron chi connectivity index (χ1n) is 15.0. The number of rotatable bonds is 16. The third kappa shape index (κ3) is 8.07. The van der Waals surface area contributed by atoms with E-state index in [1.807, 2.05) is 45.0 Å². The molecule has 8 heteroatoms. The number of benzene rings is 1. The molecule has 2 atom stereocenters. The summed E-state index contributed by atoms with van der Waals surface area (Å²) >= 11 is 0. The predicted molar refractivity (Wildman–Crippen MR) is 158 cm³/mol. The number of aliphatic hydroxyl groups excluding tert-OH is 1. The second-order valence-electron chi connectivity index (χ2n) is 12.0. The highest BCUT2D eigenvalue weighted by atomic mass is 16.6. The van der Waals surface area contributed by atoms with Crippen LogP contribution in [-0.2, 0) is 20.7 Å². The second kappa shape index (κ2) is 14.8. The summed E-state index contributed by atoms with van der Waals surface area (Å²) in [6, 6.07) is 9.15. The lowest BCUT2D eigenvalue weighted by molar-refractivity contribution is -0.138. The molecule has 1 aromatic heterocycles. The molecular weight excluding hydrogens is 522 g/mol. The van der Waals surface area contributed by atoms with Crippen molar-refractivity contribution in [3.8, 4) is 11.1 Å². The molecule has 1 aliphatic rings. The molecular formula is C33H47NO7. The summed E-state index contributed by atoms with van der Waals surface area (Å²) in [6.45, 7) is 9.60. The first-order valence-corrected chi connectivity index (χ1v) is 15.0. The number of ketones is 1. The number of amides is 2. The second-order valence-corrected chi connectivity index (χ2v) is 12.0.